The van der Waals surface area contributed by atoms with E-state index in [4.69, 9.17) is 4.74 Å². The second kappa shape index (κ2) is 7.75. The van der Waals surface area contributed by atoms with Crippen molar-refractivity contribution in [3.8, 4) is 5.75 Å². The van der Waals surface area contributed by atoms with Gasteiger partial charge in [-0.1, -0.05) is 19.1 Å². The van der Waals surface area contributed by atoms with Crippen molar-refractivity contribution in [1.82, 2.24) is 9.66 Å². The number of thiophene rings is 1. The fraction of sp³-hybridized carbons (Fsp3) is 0.381. The maximum atomic E-state index is 13.2. The Kier molecular flexibility index (Phi) is 5.17. The van der Waals surface area contributed by atoms with E-state index in [1.165, 1.54) is 9.55 Å². The van der Waals surface area contributed by atoms with Crippen molar-refractivity contribution in [3.63, 3.8) is 0 Å². The van der Waals surface area contributed by atoms with Gasteiger partial charge in [0, 0.05) is 11.3 Å². The summed E-state index contributed by atoms with van der Waals surface area (Å²) < 4.78 is 6.85. The molecule has 2 aromatic heterocycles. The first-order valence-corrected chi connectivity index (χ1v) is 10.4. The van der Waals surface area contributed by atoms with Gasteiger partial charge in [0.05, 0.1) is 5.39 Å². The average Bonchev–Trinajstić information content (AvgIpc) is 3.07. The molecular formula is C21H23N3O3S. The maximum absolute atomic E-state index is 13.2. The standard InChI is InChI=1S/C21H23N3O3S/c1-3-17-22-20-19(15-9-4-5-10-16(15)28-20)21(26)24(17)23-18(25)12-27-14-8-6-7-13(2)11-14/h6-8,11H,3-5,9-10,12H2,1-2H3,(H,23,25). The Labute approximate surface area is 167 Å². The van der Waals surface area contributed by atoms with Gasteiger partial charge in [0.2, 0.25) is 0 Å². The second-order valence-electron chi connectivity index (χ2n) is 7.05. The fourth-order valence-electron chi connectivity index (χ4n) is 3.61. The minimum atomic E-state index is -0.386. The van der Waals surface area contributed by atoms with Crippen LogP contribution in [0, 0.1) is 6.92 Å². The third kappa shape index (κ3) is 3.54. The Hall–Kier alpha value is -2.67. The number of aryl methyl sites for hydroxylation is 4. The first-order chi connectivity index (χ1) is 13.6. The molecular weight excluding hydrogens is 374 g/mol. The monoisotopic (exact) mass is 397 g/mol. The topological polar surface area (TPSA) is 73.2 Å². The van der Waals surface area contributed by atoms with Gasteiger partial charge in [-0.3, -0.25) is 15.0 Å². The molecule has 6 nitrogen and oxygen atoms in total. The number of rotatable bonds is 5. The minimum Gasteiger partial charge on any atom is -0.484 e. The lowest BCUT2D eigenvalue weighted by Crippen LogP contribution is -2.38. The largest absolute Gasteiger partial charge is 0.484 e. The van der Waals surface area contributed by atoms with Crippen LogP contribution in [0.1, 0.15) is 41.6 Å². The van der Waals surface area contributed by atoms with Crippen molar-refractivity contribution in [1.29, 1.82) is 0 Å². The molecule has 146 valence electrons. The summed E-state index contributed by atoms with van der Waals surface area (Å²) in [4.78, 5) is 32.3. The molecule has 0 unspecified atom stereocenters. The molecule has 1 aliphatic rings. The minimum absolute atomic E-state index is 0.168. The van der Waals surface area contributed by atoms with E-state index in [2.05, 4.69) is 10.4 Å². The molecule has 0 atom stereocenters. The fourth-order valence-corrected chi connectivity index (χ4v) is 4.88. The molecule has 2 heterocycles. The van der Waals surface area contributed by atoms with E-state index >= 15 is 0 Å². The van der Waals surface area contributed by atoms with Crippen molar-refractivity contribution in [2.45, 2.75) is 46.0 Å². The zero-order chi connectivity index (χ0) is 19.7. The summed E-state index contributed by atoms with van der Waals surface area (Å²) in [7, 11) is 0. The first-order valence-electron chi connectivity index (χ1n) is 9.62. The molecule has 0 fully saturated rings. The summed E-state index contributed by atoms with van der Waals surface area (Å²) >= 11 is 1.62. The Balaban J connectivity index is 1.61. The van der Waals surface area contributed by atoms with Crippen LogP contribution in [0.2, 0.25) is 0 Å². The molecule has 1 amide bonds. The van der Waals surface area contributed by atoms with Crippen LogP contribution in [0.25, 0.3) is 10.2 Å². The van der Waals surface area contributed by atoms with E-state index in [1.807, 2.05) is 32.0 Å². The molecule has 0 saturated carbocycles. The van der Waals surface area contributed by atoms with Crippen LogP contribution in [0.4, 0.5) is 0 Å². The number of hydrogen-bond acceptors (Lipinski definition) is 5. The van der Waals surface area contributed by atoms with Crippen LogP contribution in [0.15, 0.2) is 29.1 Å². The van der Waals surface area contributed by atoms with Gasteiger partial charge in [0.25, 0.3) is 11.5 Å². The van der Waals surface area contributed by atoms with Crippen LogP contribution < -0.4 is 15.7 Å². The van der Waals surface area contributed by atoms with Crippen LogP contribution in [-0.4, -0.2) is 22.2 Å². The zero-order valence-corrected chi connectivity index (χ0v) is 16.9. The summed E-state index contributed by atoms with van der Waals surface area (Å²) in [6.45, 7) is 3.72. The van der Waals surface area contributed by atoms with Crippen molar-refractivity contribution in [2.24, 2.45) is 0 Å². The number of fused-ring (bicyclic) bond motifs is 3. The SMILES string of the molecule is CCc1nc2sc3c(c2c(=O)n1NC(=O)COc1cccc(C)c1)CCCC3. The van der Waals surface area contributed by atoms with Gasteiger partial charge in [-0.25, -0.2) is 9.66 Å². The number of benzene rings is 1. The highest BCUT2D eigenvalue weighted by Gasteiger charge is 2.22. The highest BCUT2D eigenvalue weighted by molar-refractivity contribution is 7.18. The Bertz CT molecular complexity index is 1100. The number of carbonyl (C=O) groups is 1. The van der Waals surface area contributed by atoms with Gasteiger partial charge >= 0.3 is 0 Å². The molecule has 4 rings (SSSR count). The molecule has 1 aliphatic carbocycles. The Morgan fingerprint density at radius 2 is 2.14 bits per heavy atom. The Morgan fingerprint density at radius 3 is 2.93 bits per heavy atom. The summed E-state index contributed by atoms with van der Waals surface area (Å²) in [6, 6.07) is 7.50. The highest BCUT2D eigenvalue weighted by Crippen LogP contribution is 2.33. The highest BCUT2D eigenvalue weighted by atomic mass is 32.1. The van der Waals surface area contributed by atoms with E-state index in [1.54, 1.807) is 17.4 Å². The summed E-state index contributed by atoms with van der Waals surface area (Å²) in [6.07, 6.45) is 4.70. The predicted octanol–water partition coefficient (Wildman–Crippen LogP) is 3.36. The van der Waals surface area contributed by atoms with Gasteiger partial charge in [0.15, 0.2) is 6.61 Å². The smallest absolute Gasteiger partial charge is 0.281 e. The molecule has 0 saturated heterocycles. The summed E-state index contributed by atoms with van der Waals surface area (Å²) in [5.74, 6) is 0.794. The first kappa shape index (κ1) is 18.7. The number of ether oxygens (including phenoxy) is 1. The van der Waals surface area contributed by atoms with Gasteiger partial charge in [-0.15, -0.1) is 11.3 Å². The van der Waals surface area contributed by atoms with Gasteiger partial charge in [0.1, 0.15) is 16.4 Å². The Morgan fingerprint density at radius 1 is 1.32 bits per heavy atom. The number of nitrogens with zero attached hydrogens (tertiary/aromatic N) is 2. The van der Waals surface area contributed by atoms with Crippen molar-refractivity contribution in [3.05, 3.63) is 56.4 Å². The van der Waals surface area contributed by atoms with E-state index < -0.39 is 0 Å². The van der Waals surface area contributed by atoms with Gasteiger partial charge in [-0.05, 0) is 55.9 Å². The van der Waals surface area contributed by atoms with E-state index in [-0.39, 0.29) is 18.1 Å². The third-order valence-corrected chi connectivity index (χ3v) is 6.16. The second-order valence-corrected chi connectivity index (χ2v) is 8.14. The molecule has 3 aromatic rings. The molecule has 0 bridgehead atoms. The zero-order valence-electron chi connectivity index (χ0n) is 16.1. The van der Waals surface area contributed by atoms with Crippen LogP contribution in [0.3, 0.4) is 0 Å². The van der Waals surface area contributed by atoms with Crippen molar-refractivity contribution >= 4 is 27.5 Å². The molecule has 28 heavy (non-hydrogen) atoms. The number of amides is 1. The third-order valence-electron chi connectivity index (χ3n) is 4.97. The lowest BCUT2D eigenvalue weighted by molar-refractivity contribution is -0.119. The predicted molar refractivity (Wildman–Crippen MR) is 111 cm³/mol. The quantitative estimate of drug-likeness (QED) is 0.717. The van der Waals surface area contributed by atoms with Crippen LogP contribution >= 0.6 is 11.3 Å². The van der Waals surface area contributed by atoms with Crippen molar-refractivity contribution < 1.29 is 9.53 Å². The normalized spacial score (nSPS) is 13.4. The maximum Gasteiger partial charge on any atom is 0.281 e. The molecule has 0 aliphatic heterocycles. The number of nitrogens with one attached hydrogen (secondary N) is 1. The van der Waals surface area contributed by atoms with Gasteiger partial charge in [-0.2, -0.15) is 0 Å². The summed E-state index contributed by atoms with van der Waals surface area (Å²) in [5.41, 5.74) is 4.67. The van der Waals surface area contributed by atoms with E-state index in [0.717, 1.165) is 41.6 Å². The lowest BCUT2D eigenvalue weighted by atomic mass is 9.97. The van der Waals surface area contributed by atoms with Crippen LogP contribution in [0.5, 0.6) is 5.75 Å². The number of aromatic nitrogens is 2. The lowest BCUT2D eigenvalue weighted by Gasteiger charge is -2.14. The molecule has 1 N–H and O–H groups in total. The van der Waals surface area contributed by atoms with Crippen molar-refractivity contribution in [2.75, 3.05) is 12.0 Å². The molecule has 0 spiro atoms. The van der Waals surface area contributed by atoms with E-state index in [9.17, 15) is 9.59 Å². The molecule has 0 radical (unpaired) electrons. The average molecular weight is 398 g/mol. The van der Waals surface area contributed by atoms with Crippen LogP contribution in [-0.2, 0) is 24.1 Å². The molecule has 1 aromatic carbocycles. The number of hydrogen-bond donors (Lipinski definition) is 1. The van der Waals surface area contributed by atoms with E-state index in [0.29, 0.717) is 23.4 Å². The number of carbonyl (C=O) groups excluding carboxylic acids is 1. The molecule has 7 heteroatoms. The van der Waals surface area contributed by atoms with Gasteiger partial charge < -0.3 is 4.74 Å². The summed E-state index contributed by atoms with van der Waals surface area (Å²) in [5, 5.41) is 0.664.